The Kier molecular flexibility index (Phi) is 3.96. The molecular weight excluding hydrogens is 366 g/mol. The lowest BCUT2D eigenvalue weighted by Gasteiger charge is -2.06. The minimum atomic E-state index is 0.694. The van der Waals surface area contributed by atoms with E-state index in [1.165, 1.54) is 5.56 Å². The summed E-state index contributed by atoms with van der Waals surface area (Å²) in [7, 11) is 0. The molecule has 0 aliphatic rings. The van der Waals surface area contributed by atoms with Gasteiger partial charge in [0.15, 0.2) is 5.65 Å². The van der Waals surface area contributed by atoms with Gasteiger partial charge in [-0.15, -0.1) is 0 Å². The van der Waals surface area contributed by atoms with E-state index in [9.17, 15) is 0 Å². The molecule has 2 N–H and O–H groups in total. The van der Waals surface area contributed by atoms with E-state index in [-0.39, 0.29) is 0 Å². The van der Waals surface area contributed by atoms with E-state index in [1.54, 1.807) is 12.4 Å². The number of hydrogen-bond donors (Lipinski definition) is 2. The molecule has 1 aromatic carbocycles. The molecule has 3 heterocycles. The quantitative estimate of drug-likeness (QED) is 0.551. The minimum Gasteiger partial charge on any atom is -0.366 e. The van der Waals surface area contributed by atoms with Crippen LogP contribution in [0.4, 0.5) is 5.82 Å². The first-order chi connectivity index (χ1) is 11.8. The third kappa shape index (κ3) is 3.14. The van der Waals surface area contributed by atoms with Crippen molar-refractivity contribution in [3.05, 3.63) is 71.0 Å². The van der Waals surface area contributed by atoms with Crippen molar-refractivity contribution in [1.82, 2.24) is 19.9 Å². The topological polar surface area (TPSA) is 66.5 Å². The Balaban J connectivity index is 1.52. The zero-order valence-electron chi connectivity index (χ0n) is 12.7. The number of anilines is 1. The SMILES string of the molecule is Brc1cnc2nc(-c3ccc(NCc4ccccc4)nc3)[nH]c2c1. The summed E-state index contributed by atoms with van der Waals surface area (Å²) in [6.45, 7) is 0.746. The third-order valence-corrected chi connectivity index (χ3v) is 4.09. The Morgan fingerprint density at radius 2 is 1.88 bits per heavy atom. The van der Waals surface area contributed by atoms with Gasteiger partial charge in [-0.25, -0.2) is 15.0 Å². The molecule has 0 radical (unpaired) electrons. The molecule has 0 atom stereocenters. The highest BCUT2D eigenvalue weighted by Crippen LogP contribution is 2.21. The molecule has 24 heavy (non-hydrogen) atoms. The second kappa shape index (κ2) is 6.41. The summed E-state index contributed by atoms with van der Waals surface area (Å²) in [5.41, 5.74) is 3.73. The van der Waals surface area contributed by atoms with E-state index in [0.717, 1.165) is 33.7 Å². The van der Waals surface area contributed by atoms with E-state index in [2.05, 4.69) is 53.3 Å². The number of nitrogens with zero attached hydrogens (tertiary/aromatic N) is 3. The van der Waals surface area contributed by atoms with Gasteiger partial charge in [-0.1, -0.05) is 30.3 Å². The van der Waals surface area contributed by atoms with Crippen LogP contribution < -0.4 is 5.32 Å². The van der Waals surface area contributed by atoms with Crippen LogP contribution in [0.2, 0.25) is 0 Å². The fourth-order valence-electron chi connectivity index (χ4n) is 2.44. The summed E-state index contributed by atoms with van der Waals surface area (Å²) in [6, 6.07) is 16.1. The van der Waals surface area contributed by atoms with Crippen molar-refractivity contribution < 1.29 is 0 Å². The van der Waals surface area contributed by atoms with Gasteiger partial charge in [-0.3, -0.25) is 0 Å². The van der Waals surface area contributed by atoms with Crippen LogP contribution in [0.1, 0.15) is 5.56 Å². The number of rotatable bonds is 4. The summed E-state index contributed by atoms with van der Waals surface area (Å²) < 4.78 is 0.920. The summed E-state index contributed by atoms with van der Waals surface area (Å²) in [5.74, 6) is 1.59. The van der Waals surface area contributed by atoms with E-state index < -0.39 is 0 Å². The van der Waals surface area contributed by atoms with Crippen LogP contribution in [0.15, 0.2) is 65.4 Å². The van der Waals surface area contributed by atoms with Crippen LogP contribution >= 0.6 is 15.9 Å². The van der Waals surface area contributed by atoms with Gasteiger partial charge in [0.1, 0.15) is 11.6 Å². The molecule has 0 bridgehead atoms. The number of imidazole rings is 1. The normalized spacial score (nSPS) is 10.9. The molecular formula is C18H14BrN5. The molecule has 0 unspecified atom stereocenters. The largest absolute Gasteiger partial charge is 0.366 e. The van der Waals surface area contributed by atoms with Gasteiger partial charge >= 0.3 is 0 Å². The van der Waals surface area contributed by atoms with Gasteiger partial charge in [0.25, 0.3) is 0 Å². The van der Waals surface area contributed by atoms with Gasteiger partial charge in [0.2, 0.25) is 0 Å². The van der Waals surface area contributed by atoms with Crippen molar-refractivity contribution in [3.8, 4) is 11.4 Å². The number of pyridine rings is 2. The fraction of sp³-hybridized carbons (Fsp3) is 0.0556. The molecule has 0 aliphatic carbocycles. The van der Waals surface area contributed by atoms with Gasteiger partial charge in [-0.05, 0) is 39.7 Å². The molecule has 0 spiro atoms. The Morgan fingerprint density at radius 1 is 1.00 bits per heavy atom. The van der Waals surface area contributed by atoms with Crippen molar-refractivity contribution in [2.75, 3.05) is 5.32 Å². The third-order valence-electron chi connectivity index (χ3n) is 3.66. The smallest absolute Gasteiger partial charge is 0.178 e. The molecule has 5 nitrogen and oxygen atoms in total. The lowest BCUT2D eigenvalue weighted by molar-refractivity contribution is 1.11. The average Bonchev–Trinajstić information content (AvgIpc) is 3.04. The second-order valence-corrected chi connectivity index (χ2v) is 6.30. The molecule has 118 valence electrons. The first kappa shape index (κ1) is 14.8. The number of hydrogen-bond acceptors (Lipinski definition) is 4. The first-order valence-electron chi connectivity index (χ1n) is 7.53. The predicted molar refractivity (Wildman–Crippen MR) is 98.6 cm³/mol. The van der Waals surface area contributed by atoms with Crippen LogP contribution in [0.25, 0.3) is 22.6 Å². The maximum atomic E-state index is 4.50. The summed E-state index contributed by atoms with van der Waals surface area (Å²) >= 11 is 3.41. The zero-order valence-corrected chi connectivity index (χ0v) is 14.3. The first-order valence-corrected chi connectivity index (χ1v) is 8.33. The second-order valence-electron chi connectivity index (χ2n) is 5.38. The van der Waals surface area contributed by atoms with Crippen molar-refractivity contribution >= 4 is 32.9 Å². The predicted octanol–water partition coefficient (Wildman–Crippen LogP) is 4.39. The standard InChI is InChI=1S/C18H14BrN5/c19-14-8-15-18(22-11-14)24-17(23-15)13-6-7-16(21-10-13)20-9-12-4-2-1-3-5-12/h1-8,10-11H,9H2,(H,20,21)(H,22,23,24). The van der Waals surface area contributed by atoms with E-state index in [4.69, 9.17) is 0 Å². The highest BCUT2D eigenvalue weighted by molar-refractivity contribution is 9.10. The van der Waals surface area contributed by atoms with E-state index in [1.807, 2.05) is 36.4 Å². The number of halogens is 1. The lowest BCUT2D eigenvalue weighted by Crippen LogP contribution is -2.00. The monoisotopic (exact) mass is 379 g/mol. The maximum Gasteiger partial charge on any atom is 0.178 e. The molecule has 0 fully saturated rings. The summed E-state index contributed by atoms with van der Waals surface area (Å²) in [5, 5.41) is 3.31. The maximum absolute atomic E-state index is 4.50. The Hall–Kier alpha value is -2.73. The number of aromatic nitrogens is 4. The van der Waals surface area contributed by atoms with Gasteiger partial charge in [-0.2, -0.15) is 0 Å². The molecule has 4 rings (SSSR count). The summed E-state index contributed by atoms with van der Waals surface area (Å²) in [4.78, 5) is 16.5. The fourth-order valence-corrected chi connectivity index (χ4v) is 2.77. The lowest BCUT2D eigenvalue weighted by atomic mass is 10.2. The number of nitrogens with one attached hydrogen (secondary N) is 2. The zero-order chi connectivity index (χ0) is 16.4. The van der Waals surface area contributed by atoms with Gasteiger partial charge in [0, 0.05) is 29.0 Å². The van der Waals surface area contributed by atoms with Gasteiger partial charge in [0.05, 0.1) is 5.52 Å². The van der Waals surface area contributed by atoms with Gasteiger partial charge < -0.3 is 10.3 Å². The highest BCUT2D eigenvalue weighted by atomic mass is 79.9. The minimum absolute atomic E-state index is 0.694. The van der Waals surface area contributed by atoms with E-state index >= 15 is 0 Å². The summed E-state index contributed by atoms with van der Waals surface area (Å²) in [6.07, 6.45) is 3.54. The average molecular weight is 380 g/mol. The van der Waals surface area contributed by atoms with Crippen molar-refractivity contribution in [2.45, 2.75) is 6.54 Å². The number of H-pyrrole nitrogens is 1. The van der Waals surface area contributed by atoms with Crippen LogP contribution in [0.5, 0.6) is 0 Å². The molecule has 0 amide bonds. The van der Waals surface area contributed by atoms with Crippen LogP contribution in [0.3, 0.4) is 0 Å². The number of fused-ring (bicyclic) bond motifs is 1. The van der Waals surface area contributed by atoms with Crippen molar-refractivity contribution in [1.29, 1.82) is 0 Å². The van der Waals surface area contributed by atoms with Crippen LogP contribution in [0, 0.1) is 0 Å². The molecule has 0 saturated heterocycles. The molecule has 6 heteroatoms. The molecule has 3 aromatic heterocycles. The van der Waals surface area contributed by atoms with Crippen molar-refractivity contribution in [3.63, 3.8) is 0 Å². The van der Waals surface area contributed by atoms with E-state index in [0.29, 0.717) is 5.65 Å². The Labute approximate surface area is 147 Å². The van der Waals surface area contributed by atoms with Crippen LogP contribution in [-0.2, 0) is 6.54 Å². The van der Waals surface area contributed by atoms with Crippen molar-refractivity contribution in [2.24, 2.45) is 0 Å². The molecule has 0 saturated carbocycles. The molecule has 0 aliphatic heterocycles. The van der Waals surface area contributed by atoms with Crippen LogP contribution in [-0.4, -0.2) is 19.9 Å². The Bertz CT molecular complexity index is 964. The highest BCUT2D eigenvalue weighted by Gasteiger charge is 2.07. The number of benzene rings is 1. The molecule has 4 aromatic rings. The Morgan fingerprint density at radius 3 is 2.67 bits per heavy atom. The number of aromatic amines is 1.